The number of benzene rings is 1. The fraction of sp³-hybridized carbons (Fsp3) is 0.429. The van der Waals surface area contributed by atoms with Gasteiger partial charge in [-0.1, -0.05) is 24.6 Å². The van der Waals surface area contributed by atoms with Crippen LogP contribution in [0.4, 0.5) is 0 Å². The summed E-state index contributed by atoms with van der Waals surface area (Å²) < 4.78 is 27.3. The van der Waals surface area contributed by atoms with Crippen molar-refractivity contribution in [2.75, 3.05) is 19.6 Å². The topological polar surface area (TPSA) is 95.6 Å². The van der Waals surface area contributed by atoms with Gasteiger partial charge in [-0.15, -0.1) is 11.3 Å². The molecular weight excluding hydrogens is 458 g/mol. The van der Waals surface area contributed by atoms with Crippen LogP contribution in [-0.4, -0.2) is 50.2 Å². The highest BCUT2D eigenvalue weighted by molar-refractivity contribution is 7.89. The van der Waals surface area contributed by atoms with Gasteiger partial charge in [-0.2, -0.15) is 4.31 Å². The van der Waals surface area contributed by atoms with Gasteiger partial charge in [0.1, 0.15) is 6.04 Å². The van der Waals surface area contributed by atoms with Crippen molar-refractivity contribution in [2.24, 2.45) is 5.92 Å². The van der Waals surface area contributed by atoms with Crippen LogP contribution in [0.5, 0.6) is 0 Å². The van der Waals surface area contributed by atoms with E-state index in [1.165, 1.54) is 27.8 Å². The molecule has 1 fully saturated rings. The Labute approximate surface area is 191 Å². The standard InChI is InChI=1S/C21H26ClN3O4S2/c1-2-11-23-21(27)19(24-20(26)18-4-3-14-30-18)15-9-12-25(13-10-15)31(28,29)17-7-5-16(22)6-8-17/h3-8,14-15,19H,2,9-13H2,1H3,(H,23,27)(H,24,26)/t19-/m1/s1. The summed E-state index contributed by atoms with van der Waals surface area (Å²) >= 11 is 7.18. The van der Waals surface area contributed by atoms with Gasteiger partial charge in [0.2, 0.25) is 15.9 Å². The Bertz CT molecular complexity index is 986. The molecule has 0 radical (unpaired) electrons. The molecule has 1 atom stereocenters. The zero-order valence-electron chi connectivity index (χ0n) is 17.2. The van der Waals surface area contributed by atoms with Crippen LogP contribution in [0.2, 0.25) is 5.02 Å². The third kappa shape index (κ3) is 5.85. The van der Waals surface area contributed by atoms with E-state index < -0.39 is 16.1 Å². The van der Waals surface area contributed by atoms with Crippen molar-refractivity contribution in [1.29, 1.82) is 0 Å². The van der Waals surface area contributed by atoms with Gasteiger partial charge in [0.05, 0.1) is 9.77 Å². The third-order valence-corrected chi connectivity index (χ3v) is 8.32. The first-order valence-electron chi connectivity index (χ1n) is 10.2. The quantitative estimate of drug-likeness (QED) is 0.603. The van der Waals surface area contributed by atoms with Crippen LogP contribution in [0.15, 0.2) is 46.7 Å². The van der Waals surface area contributed by atoms with Crippen molar-refractivity contribution in [3.63, 3.8) is 0 Å². The van der Waals surface area contributed by atoms with Crippen LogP contribution < -0.4 is 10.6 Å². The Kier molecular flexibility index (Phi) is 8.10. The molecule has 1 aromatic heterocycles. The van der Waals surface area contributed by atoms with Crippen LogP contribution >= 0.6 is 22.9 Å². The predicted molar refractivity (Wildman–Crippen MR) is 122 cm³/mol. The molecule has 0 aliphatic carbocycles. The number of nitrogens with zero attached hydrogens (tertiary/aromatic N) is 1. The first-order valence-corrected chi connectivity index (χ1v) is 12.9. The Balaban J connectivity index is 1.69. The molecule has 2 amide bonds. The number of hydrogen-bond donors (Lipinski definition) is 2. The van der Waals surface area contributed by atoms with Crippen molar-refractivity contribution < 1.29 is 18.0 Å². The average molecular weight is 484 g/mol. The van der Waals surface area contributed by atoms with Gasteiger partial charge >= 0.3 is 0 Å². The Morgan fingerprint density at radius 3 is 2.45 bits per heavy atom. The molecule has 0 spiro atoms. The minimum atomic E-state index is -3.63. The number of rotatable bonds is 8. The summed E-state index contributed by atoms with van der Waals surface area (Å²) in [6.45, 7) is 3.04. The van der Waals surface area contributed by atoms with E-state index in [4.69, 9.17) is 11.6 Å². The van der Waals surface area contributed by atoms with Crippen LogP contribution in [0.3, 0.4) is 0 Å². The maximum absolute atomic E-state index is 12.9. The fourth-order valence-electron chi connectivity index (χ4n) is 3.58. The zero-order valence-corrected chi connectivity index (χ0v) is 19.6. The lowest BCUT2D eigenvalue weighted by molar-refractivity contribution is -0.124. The van der Waals surface area contributed by atoms with Gasteiger partial charge in [-0.3, -0.25) is 9.59 Å². The maximum Gasteiger partial charge on any atom is 0.262 e. The Hall–Kier alpha value is -1.94. The van der Waals surface area contributed by atoms with E-state index in [1.54, 1.807) is 29.6 Å². The summed E-state index contributed by atoms with van der Waals surface area (Å²) in [5, 5.41) is 8.00. The summed E-state index contributed by atoms with van der Waals surface area (Å²) in [4.78, 5) is 26.1. The largest absolute Gasteiger partial charge is 0.354 e. The molecule has 31 heavy (non-hydrogen) atoms. The zero-order chi connectivity index (χ0) is 22.4. The predicted octanol–water partition coefficient (Wildman–Crippen LogP) is 3.13. The third-order valence-electron chi connectivity index (χ3n) is 5.28. The van der Waals surface area contributed by atoms with Crippen LogP contribution in [0, 0.1) is 5.92 Å². The monoisotopic (exact) mass is 483 g/mol. The highest BCUT2D eigenvalue weighted by Gasteiger charge is 2.36. The molecule has 0 bridgehead atoms. The molecule has 0 saturated carbocycles. The first-order chi connectivity index (χ1) is 14.8. The number of carbonyl (C=O) groups excluding carboxylic acids is 2. The molecule has 168 valence electrons. The van der Waals surface area contributed by atoms with E-state index in [-0.39, 0.29) is 35.7 Å². The Morgan fingerprint density at radius 1 is 1.19 bits per heavy atom. The first kappa shape index (κ1) is 23.7. The number of hydrogen-bond acceptors (Lipinski definition) is 5. The molecule has 0 unspecified atom stereocenters. The van der Waals surface area contributed by atoms with Gasteiger partial charge < -0.3 is 10.6 Å². The molecule has 7 nitrogen and oxygen atoms in total. The van der Waals surface area contributed by atoms with Crippen molar-refractivity contribution in [3.8, 4) is 0 Å². The van der Waals surface area contributed by atoms with Crippen molar-refractivity contribution >= 4 is 44.8 Å². The van der Waals surface area contributed by atoms with E-state index in [2.05, 4.69) is 10.6 Å². The van der Waals surface area contributed by atoms with Crippen molar-refractivity contribution in [2.45, 2.75) is 37.1 Å². The smallest absolute Gasteiger partial charge is 0.262 e. The highest BCUT2D eigenvalue weighted by atomic mass is 35.5. The normalized spacial score (nSPS) is 16.6. The molecule has 1 aliphatic heterocycles. The molecule has 10 heteroatoms. The second-order valence-electron chi connectivity index (χ2n) is 7.41. The van der Waals surface area contributed by atoms with Crippen LogP contribution in [0.25, 0.3) is 0 Å². The SMILES string of the molecule is CCCNC(=O)[C@H](NC(=O)c1cccs1)C1CCN(S(=O)(=O)c2ccc(Cl)cc2)CC1. The number of carbonyl (C=O) groups is 2. The second kappa shape index (κ2) is 10.6. The van der Waals surface area contributed by atoms with Gasteiger partial charge in [0.25, 0.3) is 5.91 Å². The summed E-state index contributed by atoms with van der Waals surface area (Å²) in [5.74, 6) is -0.675. The average Bonchev–Trinajstić information content (AvgIpc) is 3.31. The molecular formula is C21H26ClN3O4S2. The molecule has 1 aliphatic rings. The van der Waals surface area contributed by atoms with E-state index in [0.717, 1.165) is 6.42 Å². The maximum atomic E-state index is 12.9. The molecule has 3 rings (SSSR count). The molecule has 2 aromatic rings. The lowest BCUT2D eigenvalue weighted by Crippen LogP contribution is -2.53. The lowest BCUT2D eigenvalue weighted by atomic mass is 9.89. The number of piperidine rings is 1. The summed E-state index contributed by atoms with van der Waals surface area (Å²) in [6.07, 6.45) is 1.73. The summed E-state index contributed by atoms with van der Waals surface area (Å²) in [5.41, 5.74) is 0. The minimum Gasteiger partial charge on any atom is -0.354 e. The molecule has 1 aromatic carbocycles. The van der Waals surface area contributed by atoms with Crippen LogP contribution in [0.1, 0.15) is 35.9 Å². The number of nitrogens with one attached hydrogen (secondary N) is 2. The van der Waals surface area contributed by atoms with Crippen molar-refractivity contribution in [3.05, 3.63) is 51.7 Å². The molecule has 1 saturated heterocycles. The number of halogens is 1. The number of thiophene rings is 1. The van der Waals surface area contributed by atoms with Gasteiger partial charge in [-0.05, 0) is 60.9 Å². The number of sulfonamides is 1. The highest BCUT2D eigenvalue weighted by Crippen LogP contribution is 2.27. The van der Waals surface area contributed by atoms with E-state index in [1.807, 2.05) is 6.92 Å². The van der Waals surface area contributed by atoms with E-state index in [9.17, 15) is 18.0 Å². The van der Waals surface area contributed by atoms with Gasteiger partial charge in [0.15, 0.2) is 0 Å². The molecule has 2 heterocycles. The van der Waals surface area contributed by atoms with Crippen LogP contribution in [-0.2, 0) is 14.8 Å². The Morgan fingerprint density at radius 2 is 1.87 bits per heavy atom. The van der Waals surface area contributed by atoms with E-state index >= 15 is 0 Å². The van der Waals surface area contributed by atoms with Gasteiger partial charge in [-0.25, -0.2) is 8.42 Å². The fourth-order valence-corrected chi connectivity index (χ4v) is 5.80. The number of amides is 2. The van der Waals surface area contributed by atoms with Crippen molar-refractivity contribution in [1.82, 2.24) is 14.9 Å². The lowest BCUT2D eigenvalue weighted by Gasteiger charge is -2.35. The van der Waals surface area contributed by atoms with Gasteiger partial charge in [0, 0.05) is 24.7 Å². The summed E-state index contributed by atoms with van der Waals surface area (Å²) in [6, 6.07) is 8.87. The summed E-state index contributed by atoms with van der Waals surface area (Å²) in [7, 11) is -3.63. The second-order valence-corrected chi connectivity index (χ2v) is 10.7. The minimum absolute atomic E-state index is 0.155. The molecule has 2 N–H and O–H groups in total. The van der Waals surface area contributed by atoms with E-state index in [0.29, 0.717) is 29.3 Å².